The molecule has 1 heterocycles. The van der Waals surface area contributed by atoms with Gasteiger partial charge in [0.1, 0.15) is 0 Å². The van der Waals surface area contributed by atoms with E-state index in [1.807, 2.05) is 11.0 Å². The molecular formula is C19H29N3O3. The number of nitrogens with zero attached hydrogens (tertiary/aromatic N) is 2. The van der Waals surface area contributed by atoms with Crippen molar-refractivity contribution in [3.8, 4) is 0 Å². The molecule has 1 fully saturated rings. The van der Waals surface area contributed by atoms with Crippen molar-refractivity contribution in [2.24, 2.45) is 5.92 Å². The van der Waals surface area contributed by atoms with E-state index in [1.54, 1.807) is 7.11 Å². The fourth-order valence-electron chi connectivity index (χ4n) is 3.19. The smallest absolute Gasteiger partial charge is 0.242 e. The maximum Gasteiger partial charge on any atom is 0.242 e. The van der Waals surface area contributed by atoms with Crippen LogP contribution in [0.4, 0.5) is 0 Å². The van der Waals surface area contributed by atoms with E-state index in [0.717, 1.165) is 26.1 Å². The highest BCUT2D eigenvalue weighted by molar-refractivity contribution is 5.83. The monoisotopic (exact) mass is 347 g/mol. The zero-order valence-electron chi connectivity index (χ0n) is 15.2. The van der Waals surface area contributed by atoms with E-state index in [1.165, 1.54) is 12.5 Å². The maximum absolute atomic E-state index is 12.3. The number of benzene rings is 1. The standard InChI is InChI=1S/C19H29N3O3/c1-16(23)20-12-19(24)22-11-10-21(13-18(14-22)15-25-2)9-8-17-6-4-3-5-7-17/h3-7,18H,8-15H2,1-2H3,(H,20,23). The van der Waals surface area contributed by atoms with Gasteiger partial charge in [-0.15, -0.1) is 0 Å². The summed E-state index contributed by atoms with van der Waals surface area (Å²) in [6.07, 6.45) is 1.00. The van der Waals surface area contributed by atoms with Crippen molar-refractivity contribution in [3.05, 3.63) is 35.9 Å². The first kappa shape index (κ1) is 19.4. The minimum atomic E-state index is -0.180. The number of ether oxygens (including phenoxy) is 1. The Morgan fingerprint density at radius 2 is 1.96 bits per heavy atom. The van der Waals surface area contributed by atoms with Gasteiger partial charge >= 0.3 is 0 Å². The molecule has 25 heavy (non-hydrogen) atoms. The quantitative estimate of drug-likeness (QED) is 0.792. The number of nitrogens with one attached hydrogen (secondary N) is 1. The van der Waals surface area contributed by atoms with Crippen molar-refractivity contribution in [1.29, 1.82) is 0 Å². The Kier molecular flexibility index (Phi) is 7.88. The lowest BCUT2D eigenvalue weighted by molar-refractivity contribution is -0.132. The number of rotatable bonds is 7. The second-order valence-electron chi connectivity index (χ2n) is 6.61. The Bertz CT molecular complexity index is 550. The minimum Gasteiger partial charge on any atom is -0.384 e. The summed E-state index contributed by atoms with van der Waals surface area (Å²) in [6.45, 7) is 6.22. The molecule has 1 aromatic rings. The lowest BCUT2D eigenvalue weighted by Gasteiger charge is -2.24. The Hall–Kier alpha value is -1.92. The molecule has 0 aliphatic carbocycles. The SMILES string of the molecule is COCC1CN(CCc2ccccc2)CCN(C(=O)CNC(C)=O)C1. The van der Waals surface area contributed by atoms with Crippen molar-refractivity contribution < 1.29 is 14.3 Å². The first-order valence-corrected chi connectivity index (χ1v) is 8.86. The van der Waals surface area contributed by atoms with Gasteiger partial charge in [0.05, 0.1) is 13.2 Å². The normalized spacial score (nSPS) is 18.6. The second-order valence-corrected chi connectivity index (χ2v) is 6.61. The molecule has 0 spiro atoms. The van der Waals surface area contributed by atoms with Crippen molar-refractivity contribution in [3.63, 3.8) is 0 Å². The van der Waals surface area contributed by atoms with Crippen LogP contribution in [0.15, 0.2) is 30.3 Å². The second kappa shape index (κ2) is 10.2. The van der Waals surface area contributed by atoms with Crippen LogP contribution in [0.5, 0.6) is 0 Å². The van der Waals surface area contributed by atoms with Crippen LogP contribution in [0.1, 0.15) is 12.5 Å². The minimum absolute atomic E-state index is 0.0267. The molecule has 1 aliphatic rings. The lowest BCUT2D eigenvalue weighted by Crippen LogP contribution is -2.42. The highest BCUT2D eigenvalue weighted by Gasteiger charge is 2.25. The molecule has 1 aromatic carbocycles. The summed E-state index contributed by atoms with van der Waals surface area (Å²) in [5.74, 6) is 0.0758. The molecule has 6 heteroatoms. The Balaban J connectivity index is 1.91. The van der Waals surface area contributed by atoms with E-state index in [-0.39, 0.29) is 24.3 Å². The molecule has 138 valence electrons. The predicted molar refractivity (Wildman–Crippen MR) is 97.2 cm³/mol. The average molecular weight is 347 g/mol. The Morgan fingerprint density at radius 3 is 2.64 bits per heavy atom. The number of carbonyl (C=O) groups is 2. The van der Waals surface area contributed by atoms with Crippen LogP contribution in [0.25, 0.3) is 0 Å². The largest absolute Gasteiger partial charge is 0.384 e. The van der Waals surface area contributed by atoms with Gasteiger partial charge in [-0.25, -0.2) is 0 Å². The summed E-state index contributed by atoms with van der Waals surface area (Å²) in [5.41, 5.74) is 1.33. The van der Waals surface area contributed by atoms with Crippen molar-refractivity contribution in [2.45, 2.75) is 13.3 Å². The van der Waals surface area contributed by atoms with E-state index >= 15 is 0 Å². The first-order valence-electron chi connectivity index (χ1n) is 8.86. The van der Waals surface area contributed by atoms with Gasteiger partial charge in [0.15, 0.2) is 0 Å². The van der Waals surface area contributed by atoms with Crippen LogP contribution >= 0.6 is 0 Å². The van der Waals surface area contributed by atoms with Gasteiger partial charge < -0.3 is 19.9 Å². The number of hydrogen-bond acceptors (Lipinski definition) is 4. The van der Waals surface area contributed by atoms with Crippen LogP contribution in [-0.2, 0) is 20.7 Å². The summed E-state index contributed by atoms with van der Waals surface area (Å²) < 4.78 is 5.34. The molecule has 0 radical (unpaired) electrons. The van der Waals surface area contributed by atoms with Gasteiger partial charge in [0, 0.05) is 52.7 Å². The molecule has 0 saturated carbocycles. The van der Waals surface area contributed by atoms with Gasteiger partial charge in [-0.2, -0.15) is 0 Å². The molecule has 1 saturated heterocycles. The third kappa shape index (κ3) is 6.84. The van der Waals surface area contributed by atoms with Crippen LogP contribution in [0.3, 0.4) is 0 Å². The zero-order chi connectivity index (χ0) is 18.1. The molecule has 1 aliphatic heterocycles. The lowest BCUT2D eigenvalue weighted by atomic mass is 10.1. The van der Waals surface area contributed by atoms with Crippen LogP contribution in [0.2, 0.25) is 0 Å². The predicted octanol–water partition coefficient (Wildman–Crippen LogP) is 0.772. The van der Waals surface area contributed by atoms with Crippen LogP contribution < -0.4 is 5.32 Å². The number of methoxy groups -OCH3 is 1. The molecule has 2 amide bonds. The maximum atomic E-state index is 12.3. The van der Waals surface area contributed by atoms with Gasteiger partial charge in [-0.3, -0.25) is 9.59 Å². The van der Waals surface area contributed by atoms with Gasteiger partial charge in [0.25, 0.3) is 0 Å². The molecular weight excluding hydrogens is 318 g/mol. The van der Waals surface area contributed by atoms with Crippen LogP contribution in [0, 0.1) is 5.92 Å². The third-order valence-electron chi connectivity index (χ3n) is 4.48. The van der Waals surface area contributed by atoms with Gasteiger partial charge in [-0.1, -0.05) is 30.3 Å². The highest BCUT2D eigenvalue weighted by Crippen LogP contribution is 2.12. The van der Waals surface area contributed by atoms with E-state index in [4.69, 9.17) is 4.74 Å². The summed E-state index contributed by atoms with van der Waals surface area (Å²) in [4.78, 5) is 27.6. The van der Waals surface area contributed by atoms with E-state index in [0.29, 0.717) is 19.7 Å². The van der Waals surface area contributed by atoms with Crippen LogP contribution in [-0.4, -0.2) is 74.6 Å². The topological polar surface area (TPSA) is 61.9 Å². The van der Waals surface area contributed by atoms with E-state index < -0.39 is 0 Å². The molecule has 0 aromatic heterocycles. The molecule has 1 atom stereocenters. The summed E-state index contributed by atoms with van der Waals surface area (Å²) >= 11 is 0. The van der Waals surface area contributed by atoms with Crippen molar-refractivity contribution in [1.82, 2.24) is 15.1 Å². The summed E-state index contributed by atoms with van der Waals surface area (Å²) in [6, 6.07) is 10.5. The fourth-order valence-corrected chi connectivity index (χ4v) is 3.19. The number of carbonyl (C=O) groups excluding carboxylic acids is 2. The average Bonchev–Trinajstić information content (AvgIpc) is 2.81. The van der Waals surface area contributed by atoms with Gasteiger partial charge in [-0.05, 0) is 12.0 Å². The molecule has 1 N–H and O–H groups in total. The van der Waals surface area contributed by atoms with Gasteiger partial charge in [0.2, 0.25) is 11.8 Å². The molecule has 2 rings (SSSR count). The Morgan fingerprint density at radius 1 is 1.20 bits per heavy atom. The zero-order valence-corrected chi connectivity index (χ0v) is 15.2. The van der Waals surface area contributed by atoms with E-state index in [2.05, 4.69) is 34.5 Å². The Labute approximate surface area is 150 Å². The van der Waals surface area contributed by atoms with Crippen molar-refractivity contribution >= 4 is 11.8 Å². The van der Waals surface area contributed by atoms with Crippen molar-refractivity contribution in [2.75, 3.05) is 53.0 Å². The molecule has 0 bridgehead atoms. The number of amides is 2. The summed E-state index contributed by atoms with van der Waals surface area (Å²) in [5, 5.41) is 2.59. The van der Waals surface area contributed by atoms with E-state index in [9.17, 15) is 9.59 Å². The third-order valence-corrected chi connectivity index (χ3v) is 4.48. The molecule has 6 nitrogen and oxygen atoms in total. The first-order chi connectivity index (χ1) is 12.1. The summed E-state index contributed by atoms with van der Waals surface area (Å²) in [7, 11) is 1.70. The number of hydrogen-bond donors (Lipinski definition) is 1. The molecule has 1 unspecified atom stereocenters. The fraction of sp³-hybridized carbons (Fsp3) is 0.579. The highest BCUT2D eigenvalue weighted by atomic mass is 16.5.